The van der Waals surface area contributed by atoms with Crippen LogP contribution in [0.2, 0.25) is 0 Å². The van der Waals surface area contributed by atoms with Crippen molar-refractivity contribution in [2.45, 2.75) is 19.4 Å². The van der Waals surface area contributed by atoms with Crippen molar-refractivity contribution in [2.75, 3.05) is 31.7 Å². The molecule has 0 unspecified atom stereocenters. The molecule has 0 heterocycles. The van der Waals surface area contributed by atoms with E-state index >= 15 is 0 Å². The van der Waals surface area contributed by atoms with Crippen LogP contribution in [0.15, 0.2) is 24.3 Å². The van der Waals surface area contributed by atoms with Crippen molar-refractivity contribution >= 4 is 23.5 Å². The largest absolute Gasteiger partial charge is 0.482 e. The molecule has 0 atom stereocenters. The third kappa shape index (κ3) is 6.77. The number of aliphatic hydroxyl groups is 2. The molecule has 0 aromatic heterocycles. The van der Waals surface area contributed by atoms with E-state index in [0.29, 0.717) is 11.4 Å². The third-order valence-corrected chi connectivity index (χ3v) is 3.09. The normalized spacial score (nSPS) is 10.7. The highest BCUT2D eigenvalue weighted by molar-refractivity contribution is 6.39. The van der Waals surface area contributed by atoms with E-state index in [1.165, 1.54) is 31.2 Å². The summed E-state index contributed by atoms with van der Waals surface area (Å²) in [5.41, 5.74) is -0.961. The number of benzene rings is 1. The first kappa shape index (κ1) is 20.4. The Kier molecular flexibility index (Phi) is 7.83. The molecule has 25 heavy (non-hydrogen) atoms. The fourth-order valence-corrected chi connectivity index (χ4v) is 1.63. The highest BCUT2D eigenvalue weighted by Crippen LogP contribution is 2.15. The molecule has 0 spiro atoms. The Labute approximate surface area is 144 Å². The van der Waals surface area contributed by atoms with E-state index in [1.807, 2.05) is 0 Å². The molecule has 0 fully saturated rings. The highest BCUT2D eigenvalue weighted by Gasteiger charge is 2.27. The Hall–Kier alpha value is -2.65. The summed E-state index contributed by atoms with van der Waals surface area (Å²) in [6, 6.07) is 6.00. The lowest BCUT2D eigenvalue weighted by atomic mass is 10.1. The number of aliphatic hydroxyl groups excluding tert-OH is 2. The van der Waals surface area contributed by atoms with Crippen molar-refractivity contribution < 1.29 is 34.1 Å². The zero-order valence-corrected chi connectivity index (χ0v) is 14.1. The maximum Gasteiger partial charge on any atom is 0.344 e. The van der Waals surface area contributed by atoms with Crippen LogP contribution in [0.3, 0.4) is 0 Å². The van der Waals surface area contributed by atoms with Crippen molar-refractivity contribution in [1.82, 2.24) is 5.32 Å². The number of esters is 1. The molecular formula is C16H22N2O7. The fraction of sp³-hybridized carbons (Fsp3) is 0.438. The lowest BCUT2D eigenvalue weighted by molar-refractivity contribution is -0.145. The number of anilines is 1. The Morgan fingerprint density at radius 1 is 1.08 bits per heavy atom. The molecule has 0 saturated heterocycles. The van der Waals surface area contributed by atoms with Crippen LogP contribution in [-0.4, -0.2) is 60.0 Å². The van der Waals surface area contributed by atoms with E-state index in [2.05, 4.69) is 10.6 Å². The van der Waals surface area contributed by atoms with Crippen LogP contribution in [0.1, 0.15) is 13.8 Å². The first-order valence-corrected chi connectivity index (χ1v) is 7.57. The number of ether oxygens (including phenoxy) is 2. The molecule has 9 nitrogen and oxygen atoms in total. The minimum absolute atomic E-state index is 0.233. The molecule has 0 aliphatic carbocycles. The van der Waals surface area contributed by atoms with Gasteiger partial charge in [0.15, 0.2) is 6.61 Å². The highest BCUT2D eigenvalue weighted by atomic mass is 16.6. The van der Waals surface area contributed by atoms with Crippen LogP contribution < -0.4 is 15.4 Å². The number of hydrogen-bond acceptors (Lipinski definition) is 7. The number of nitrogens with one attached hydrogen (secondary N) is 2. The van der Waals surface area contributed by atoms with E-state index < -0.39 is 36.5 Å². The summed E-state index contributed by atoms with van der Waals surface area (Å²) in [4.78, 5) is 34.8. The molecule has 0 bridgehead atoms. The van der Waals surface area contributed by atoms with Crippen LogP contribution in [0.5, 0.6) is 5.75 Å². The van der Waals surface area contributed by atoms with Crippen LogP contribution in [0, 0.1) is 0 Å². The molecular weight excluding hydrogens is 332 g/mol. The Morgan fingerprint density at radius 2 is 1.68 bits per heavy atom. The second kappa shape index (κ2) is 9.60. The van der Waals surface area contributed by atoms with Gasteiger partial charge >= 0.3 is 17.8 Å². The SMILES string of the molecule is CCOC(=O)COc1ccc(NC(=O)C(=O)NC(C)(CO)CO)cc1. The Morgan fingerprint density at radius 3 is 2.20 bits per heavy atom. The molecule has 1 aromatic rings. The number of rotatable bonds is 8. The first-order chi connectivity index (χ1) is 11.8. The van der Waals surface area contributed by atoms with E-state index in [0.717, 1.165) is 0 Å². The summed E-state index contributed by atoms with van der Waals surface area (Å²) in [5, 5.41) is 22.8. The molecule has 0 radical (unpaired) electrons. The topological polar surface area (TPSA) is 134 Å². The van der Waals surface area contributed by atoms with Gasteiger partial charge in [-0.15, -0.1) is 0 Å². The van der Waals surface area contributed by atoms with Crippen LogP contribution in [-0.2, 0) is 19.1 Å². The summed E-state index contributed by atoms with van der Waals surface area (Å²) in [5.74, 6) is -2.04. The molecule has 0 saturated carbocycles. The van der Waals surface area contributed by atoms with E-state index in [1.54, 1.807) is 6.92 Å². The maximum absolute atomic E-state index is 11.8. The maximum atomic E-state index is 11.8. The number of carbonyl (C=O) groups excluding carboxylic acids is 3. The van der Waals surface area contributed by atoms with Gasteiger partial charge in [0, 0.05) is 5.69 Å². The Balaban J connectivity index is 2.55. The Bertz CT molecular complexity index is 597. The monoisotopic (exact) mass is 354 g/mol. The predicted octanol–water partition coefficient (Wildman–Crippen LogP) is -0.573. The van der Waals surface area contributed by atoms with Crippen molar-refractivity contribution in [2.24, 2.45) is 0 Å². The molecule has 2 amide bonds. The minimum Gasteiger partial charge on any atom is -0.482 e. The quantitative estimate of drug-likeness (QED) is 0.363. The summed E-state index contributed by atoms with van der Waals surface area (Å²) in [7, 11) is 0. The lowest BCUT2D eigenvalue weighted by Gasteiger charge is -2.25. The van der Waals surface area contributed by atoms with Gasteiger partial charge in [-0.25, -0.2) is 4.79 Å². The summed E-state index contributed by atoms with van der Waals surface area (Å²) in [6.07, 6.45) is 0. The van der Waals surface area contributed by atoms with Gasteiger partial charge in [-0.3, -0.25) is 9.59 Å². The van der Waals surface area contributed by atoms with Crippen LogP contribution in [0.4, 0.5) is 5.69 Å². The number of amides is 2. The van der Waals surface area contributed by atoms with Gasteiger partial charge in [0.25, 0.3) is 0 Å². The van der Waals surface area contributed by atoms with Gasteiger partial charge in [0.2, 0.25) is 0 Å². The third-order valence-electron chi connectivity index (χ3n) is 3.09. The van der Waals surface area contributed by atoms with Crippen LogP contribution in [0.25, 0.3) is 0 Å². The minimum atomic E-state index is -1.29. The van der Waals surface area contributed by atoms with Crippen molar-refractivity contribution in [3.63, 3.8) is 0 Å². The van der Waals surface area contributed by atoms with Gasteiger partial charge in [-0.05, 0) is 38.1 Å². The van der Waals surface area contributed by atoms with Crippen molar-refractivity contribution in [1.29, 1.82) is 0 Å². The first-order valence-electron chi connectivity index (χ1n) is 7.57. The molecule has 0 aliphatic rings. The zero-order valence-electron chi connectivity index (χ0n) is 14.1. The zero-order chi connectivity index (χ0) is 18.9. The molecule has 1 aromatic carbocycles. The van der Waals surface area contributed by atoms with E-state index in [-0.39, 0.29) is 13.2 Å². The predicted molar refractivity (Wildman–Crippen MR) is 87.9 cm³/mol. The smallest absolute Gasteiger partial charge is 0.344 e. The second-order valence-corrected chi connectivity index (χ2v) is 5.40. The molecule has 1 rings (SSSR count). The fourth-order valence-electron chi connectivity index (χ4n) is 1.63. The molecule has 0 aliphatic heterocycles. The van der Waals surface area contributed by atoms with Gasteiger partial charge in [-0.1, -0.05) is 0 Å². The van der Waals surface area contributed by atoms with Gasteiger partial charge in [-0.2, -0.15) is 0 Å². The lowest BCUT2D eigenvalue weighted by Crippen LogP contribution is -2.54. The van der Waals surface area contributed by atoms with E-state index in [9.17, 15) is 14.4 Å². The van der Waals surface area contributed by atoms with Crippen LogP contribution >= 0.6 is 0 Å². The van der Waals surface area contributed by atoms with E-state index in [4.69, 9.17) is 19.7 Å². The summed E-state index contributed by atoms with van der Waals surface area (Å²) < 4.78 is 9.92. The second-order valence-electron chi connectivity index (χ2n) is 5.40. The average molecular weight is 354 g/mol. The molecule has 4 N–H and O–H groups in total. The number of carbonyl (C=O) groups is 3. The average Bonchev–Trinajstić information content (AvgIpc) is 2.61. The van der Waals surface area contributed by atoms with Gasteiger partial charge in [0.1, 0.15) is 5.75 Å². The van der Waals surface area contributed by atoms with Crippen molar-refractivity contribution in [3.8, 4) is 5.75 Å². The van der Waals surface area contributed by atoms with Gasteiger partial charge in [0.05, 0.1) is 25.4 Å². The van der Waals surface area contributed by atoms with Gasteiger partial charge < -0.3 is 30.3 Å². The van der Waals surface area contributed by atoms with Crippen molar-refractivity contribution in [3.05, 3.63) is 24.3 Å². The standard InChI is InChI=1S/C16H22N2O7/c1-3-24-13(21)8-25-12-6-4-11(5-7-12)17-14(22)15(23)18-16(2,9-19)10-20/h4-7,19-20H,3,8-10H2,1-2H3,(H,17,22)(H,18,23). The summed E-state index contributed by atoms with van der Waals surface area (Å²) >= 11 is 0. The molecule has 138 valence electrons. The molecule has 9 heteroatoms. The number of hydrogen-bond donors (Lipinski definition) is 4. The summed E-state index contributed by atoms with van der Waals surface area (Å²) in [6.45, 7) is 2.08.